The average molecular weight is 404 g/mol. The van der Waals surface area contributed by atoms with Crippen LogP contribution < -0.4 is 4.90 Å². The van der Waals surface area contributed by atoms with E-state index in [-0.39, 0.29) is 11.2 Å². The number of carbonyl (C=O) groups excluding carboxylic acids is 1. The van der Waals surface area contributed by atoms with E-state index in [0.29, 0.717) is 6.54 Å². The van der Waals surface area contributed by atoms with Crippen molar-refractivity contribution in [3.05, 3.63) is 73.2 Å². The van der Waals surface area contributed by atoms with Gasteiger partial charge >= 0.3 is 0 Å². The fourth-order valence-corrected chi connectivity index (χ4v) is 4.13. The van der Waals surface area contributed by atoms with E-state index in [0.717, 1.165) is 27.4 Å². The monoisotopic (exact) mass is 403 g/mol. The number of rotatable bonds is 6. The van der Waals surface area contributed by atoms with E-state index in [1.54, 1.807) is 15.8 Å². The minimum Gasteiger partial charge on any atom is -0.312 e. The molecule has 2 aromatic heterocycles. The highest BCUT2D eigenvalue weighted by molar-refractivity contribution is 8.00. The summed E-state index contributed by atoms with van der Waals surface area (Å²) in [6, 6.07) is 19.6. The second kappa shape index (κ2) is 8.45. The highest BCUT2D eigenvalue weighted by Crippen LogP contribution is 2.30. The molecule has 29 heavy (non-hydrogen) atoms. The quantitative estimate of drug-likeness (QED) is 0.354. The first-order valence-electron chi connectivity index (χ1n) is 9.46. The summed E-state index contributed by atoms with van der Waals surface area (Å²) < 4.78 is 1.79. The third kappa shape index (κ3) is 3.86. The zero-order chi connectivity index (χ0) is 20.2. The maximum atomic E-state index is 13.1. The lowest BCUT2D eigenvalue weighted by Gasteiger charge is -2.24. The molecule has 6 nitrogen and oxygen atoms in total. The topological polar surface area (TPSA) is 63.9 Å². The van der Waals surface area contributed by atoms with Crippen LogP contribution in [0.3, 0.4) is 0 Å². The molecule has 2 heterocycles. The summed E-state index contributed by atoms with van der Waals surface area (Å²) in [4.78, 5) is 23.7. The minimum atomic E-state index is -0.298. The van der Waals surface area contributed by atoms with Crippen molar-refractivity contribution >= 4 is 34.4 Å². The average Bonchev–Trinajstić information content (AvgIpc) is 3.21. The van der Waals surface area contributed by atoms with Crippen LogP contribution in [-0.2, 0) is 4.79 Å². The number of amides is 1. The SMILES string of the molecule is CCN(C(=O)[C@H](C)Sc1ncnc2c1cnn2-c1ccccc1)c1ccccc1. The lowest BCUT2D eigenvalue weighted by molar-refractivity contribution is -0.117. The molecule has 4 aromatic rings. The number of para-hydroxylation sites is 2. The highest BCUT2D eigenvalue weighted by atomic mass is 32.2. The number of anilines is 1. The Kier molecular flexibility index (Phi) is 5.57. The summed E-state index contributed by atoms with van der Waals surface area (Å²) in [6.07, 6.45) is 3.29. The summed E-state index contributed by atoms with van der Waals surface area (Å²) >= 11 is 1.43. The molecule has 0 N–H and O–H groups in total. The Bertz CT molecular complexity index is 1110. The number of hydrogen-bond donors (Lipinski definition) is 0. The first kappa shape index (κ1) is 19.1. The van der Waals surface area contributed by atoms with E-state index in [4.69, 9.17) is 0 Å². The van der Waals surface area contributed by atoms with E-state index < -0.39 is 0 Å². The van der Waals surface area contributed by atoms with Gasteiger partial charge in [0.1, 0.15) is 11.4 Å². The van der Waals surface area contributed by atoms with Crippen molar-refractivity contribution in [2.75, 3.05) is 11.4 Å². The van der Waals surface area contributed by atoms with Crippen LogP contribution >= 0.6 is 11.8 Å². The molecule has 0 saturated heterocycles. The molecule has 0 unspecified atom stereocenters. The number of nitrogens with zero attached hydrogens (tertiary/aromatic N) is 5. The van der Waals surface area contributed by atoms with Crippen molar-refractivity contribution in [3.63, 3.8) is 0 Å². The van der Waals surface area contributed by atoms with E-state index >= 15 is 0 Å². The predicted molar refractivity (Wildman–Crippen MR) is 116 cm³/mol. The number of fused-ring (bicyclic) bond motifs is 1. The van der Waals surface area contributed by atoms with Gasteiger partial charge in [-0.25, -0.2) is 14.6 Å². The van der Waals surface area contributed by atoms with Crippen LogP contribution in [0.5, 0.6) is 0 Å². The molecular weight excluding hydrogens is 382 g/mol. The molecule has 0 bridgehead atoms. The third-order valence-corrected chi connectivity index (χ3v) is 5.72. The summed E-state index contributed by atoms with van der Waals surface area (Å²) in [5, 5.41) is 5.77. The van der Waals surface area contributed by atoms with Crippen LogP contribution in [0.25, 0.3) is 16.7 Å². The standard InChI is InChI=1S/C22H21N5OS/c1-3-26(17-10-6-4-7-11-17)22(28)16(2)29-21-19-14-25-27(20(19)23-15-24-21)18-12-8-5-9-13-18/h4-16H,3H2,1-2H3/t16-/m0/s1. The van der Waals surface area contributed by atoms with Crippen molar-refractivity contribution < 1.29 is 4.79 Å². The Hall–Kier alpha value is -3.19. The molecule has 0 saturated carbocycles. The summed E-state index contributed by atoms with van der Waals surface area (Å²) in [5.74, 6) is 0.0471. The Labute approximate surface area is 173 Å². The summed E-state index contributed by atoms with van der Waals surface area (Å²) in [6.45, 7) is 4.50. The van der Waals surface area contributed by atoms with Crippen molar-refractivity contribution in [1.29, 1.82) is 0 Å². The molecule has 1 amide bonds. The molecular formula is C22H21N5OS. The van der Waals surface area contributed by atoms with Crippen LogP contribution in [0.4, 0.5) is 5.69 Å². The van der Waals surface area contributed by atoms with Crippen LogP contribution in [-0.4, -0.2) is 37.5 Å². The number of carbonyl (C=O) groups is 1. The Morgan fingerprint density at radius 3 is 2.45 bits per heavy atom. The van der Waals surface area contributed by atoms with Crippen molar-refractivity contribution in [2.45, 2.75) is 24.1 Å². The first-order chi connectivity index (χ1) is 14.2. The highest BCUT2D eigenvalue weighted by Gasteiger charge is 2.23. The van der Waals surface area contributed by atoms with Gasteiger partial charge in [0.25, 0.3) is 0 Å². The van der Waals surface area contributed by atoms with Gasteiger partial charge in [-0.15, -0.1) is 0 Å². The van der Waals surface area contributed by atoms with Gasteiger partial charge in [0.2, 0.25) is 5.91 Å². The van der Waals surface area contributed by atoms with Crippen molar-refractivity contribution in [3.8, 4) is 5.69 Å². The lowest BCUT2D eigenvalue weighted by Crippen LogP contribution is -2.36. The zero-order valence-corrected chi connectivity index (χ0v) is 17.1. The fraction of sp³-hybridized carbons (Fsp3) is 0.182. The zero-order valence-electron chi connectivity index (χ0n) is 16.3. The third-order valence-electron chi connectivity index (χ3n) is 4.62. The van der Waals surface area contributed by atoms with E-state index in [1.807, 2.05) is 74.5 Å². The first-order valence-corrected chi connectivity index (χ1v) is 10.3. The minimum absolute atomic E-state index is 0.0471. The molecule has 146 valence electrons. The predicted octanol–water partition coefficient (Wildman–Crippen LogP) is 4.35. The summed E-state index contributed by atoms with van der Waals surface area (Å²) in [5.41, 5.74) is 2.56. The Morgan fingerprint density at radius 2 is 1.76 bits per heavy atom. The molecule has 0 radical (unpaired) electrons. The molecule has 1 atom stereocenters. The molecule has 0 aliphatic carbocycles. The van der Waals surface area contributed by atoms with Crippen LogP contribution in [0, 0.1) is 0 Å². The van der Waals surface area contributed by atoms with Crippen LogP contribution in [0.1, 0.15) is 13.8 Å². The van der Waals surface area contributed by atoms with Crippen molar-refractivity contribution in [1.82, 2.24) is 19.7 Å². The van der Waals surface area contributed by atoms with E-state index in [2.05, 4.69) is 15.1 Å². The normalized spacial score (nSPS) is 12.1. The maximum absolute atomic E-state index is 13.1. The molecule has 4 rings (SSSR count). The van der Waals surface area contributed by atoms with Gasteiger partial charge in [-0.1, -0.05) is 48.2 Å². The Balaban J connectivity index is 1.61. The van der Waals surface area contributed by atoms with Gasteiger partial charge < -0.3 is 4.90 Å². The van der Waals surface area contributed by atoms with E-state index in [1.165, 1.54) is 18.1 Å². The Morgan fingerprint density at radius 1 is 1.07 bits per heavy atom. The lowest BCUT2D eigenvalue weighted by atomic mass is 10.2. The van der Waals surface area contributed by atoms with Crippen molar-refractivity contribution in [2.24, 2.45) is 0 Å². The largest absolute Gasteiger partial charge is 0.312 e. The van der Waals surface area contributed by atoms with Gasteiger partial charge in [-0.2, -0.15) is 5.10 Å². The number of hydrogen-bond acceptors (Lipinski definition) is 5. The number of benzene rings is 2. The van der Waals surface area contributed by atoms with Crippen LogP contribution in [0.2, 0.25) is 0 Å². The molecule has 7 heteroatoms. The summed E-state index contributed by atoms with van der Waals surface area (Å²) in [7, 11) is 0. The van der Waals surface area contributed by atoms with Gasteiger partial charge in [-0.05, 0) is 38.1 Å². The second-order valence-electron chi connectivity index (χ2n) is 6.49. The maximum Gasteiger partial charge on any atom is 0.240 e. The molecule has 0 aliphatic rings. The van der Waals surface area contributed by atoms with Crippen LogP contribution in [0.15, 0.2) is 78.2 Å². The smallest absolute Gasteiger partial charge is 0.240 e. The van der Waals surface area contributed by atoms with Gasteiger partial charge in [0.15, 0.2) is 5.65 Å². The molecule has 2 aromatic carbocycles. The number of thioether (sulfide) groups is 1. The van der Waals surface area contributed by atoms with E-state index in [9.17, 15) is 4.79 Å². The number of aromatic nitrogens is 4. The molecule has 0 spiro atoms. The van der Waals surface area contributed by atoms with Gasteiger partial charge in [-0.3, -0.25) is 4.79 Å². The van der Waals surface area contributed by atoms with Gasteiger partial charge in [0.05, 0.1) is 22.5 Å². The molecule has 0 aliphatic heterocycles. The molecule has 0 fully saturated rings. The van der Waals surface area contributed by atoms with Gasteiger partial charge in [0, 0.05) is 12.2 Å². The second-order valence-corrected chi connectivity index (χ2v) is 7.82. The fourth-order valence-electron chi connectivity index (χ4n) is 3.19.